The Morgan fingerprint density at radius 3 is 2.35 bits per heavy atom. The van der Waals surface area contributed by atoms with E-state index in [2.05, 4.69) is 15.3 Å². The Bertz CT molecular complexity index is 844. The van der Waals surface area contributed by atoms with Crippen molar-refractivity contribution in [3.8, 4) is 0 Å². The molecule has 1 N–H and O–H groups in total. The number of halogens is 3. The van der Waals surface area contributed by atoms with E-state index in [0.29, 0.717) is 5.56 Å². The predicted molar refractivity (Wildman–Crippen MR) is 90.2 cm³/mol. The van der Waals surface area contributed by atoms with Gasteiger partial charge in [-0.1, -0.05) is 41.1 Å². The SMILES string of the molecule is C/C(=N\OC(=O)Nc1cccc(C(F)(F)F)c1)C(=O)c1ccc(C)cc1. The predicted octanol–water partition coefficient (Wildman–Crippen LogP) is 4.82. The third-order valence-corrected chi connectivity index (χ3v) is 3.34. The number of aryl methyl sites for hydroxylation is 1. The van der Waals surface area contributed by atoms with Gasteiger partial charge in [-0.25, -0.2) is 4.79 Å². The number of carbonyl (C=O) groups excluding carboxylic acids is 2. The van der Waals surface area contributed by atoms with E-state index in [-0.39, 0.29) is 11.4 Å². The molecule has 1 amide bonds. The van der Waals surface area contributed by atoms with Crippen LogP contribution in [0.5, 0.6) is 0 Å². The number of hydrogen-bond donors (Lipinski definition) is 1. The highest BCUT2D eigenvalue weighted by Crippen LogP contribution is 2.30. The van der Waals surface area contributed by atoms with E-state index >= 15 is 0 Å². The highest BCUT2D eigenvalue weighted by molar-refractivity contribution is 6.45. The number of amides is 1. The van der Waals surface area contributed by atoms with Crippen LogP contribution < -0.4 is 5.32 Å². The fourth-order valence-electron chi connectivity index (χ4n) is 1.98. The van der Waals surface area contributed by atoms with Crippen LogP contribution in [0.4, 0.5) is 23.7 Å². The smallest absolute Gasteiger partial charge is 0.297 e. The zero-order valence-electron chi connectivity index (χ0n) is 13.9. The van der Waals surface area contributed by atoms with Crippen molar-refractivity contribution >= 4 is 23.3 Å². The Labute approximate surface area is 147 Å². The van der Waals surface area contributed by atoms with E-state index in [1.54, 1.807) is 24.3 Å². The number of benzene rings is 2. The number of anilines is 1. The van der Waals surface area contributed by atoms with Crippen molar-refractivity contribution in [2.75, 3.05) is 5.32 Å². The van der Waals surface area contributed by atoms with Gasteiger partial charge in [0.05, 0.1) is 5.56 Å². The fourth-order valence-corrected chi connectivity index (χ4v) is 1.98. The maximum absolute atomic E-state index is 12.6. The lowest BCUT2D eigenvalue weighted by atomic mass is 10.1. The van der Waals surface area contributed by atoms with E-state index in [0.717, 1.165) is 23.8 Å². The Morgan fingerprint density at radius 1 is 1.08 bits per heavy atom. The van der Waals surface area contributed by atoms with E-state index in [1.165, 1.54) is 13.0 Å². The molecule has 2 aromatic carbocycles. The number of oxime groups is 1. The van der Waals surface area contributed by atoms with Crippen LogP contribution in [0.1, 0.15) is 28.4 Å². The number of rotatable bonds is 4. The molecule has 0 atom stereocenters. The van der Waals surface area contributed by atoms with Crippen molar-refractivity contribution < 1.29 is 27.6 Å². The highest BCUT2D eigenvalue weighted by Gasteiger charge is 2.30. The van der Waals surface area contributed by atoms with Gasteiger partial charge in [-0.15, -0.1) is 0 Å². The Hall–Kier alpha value is -3.16. The number of carbonyl (C=O) groups is 2. The summed E-state index contributed by atoms with van der Waals surface area (Å²) >= 11 is 0. The summed E-state index contributed by atoms with van der Waals surface area (Å²) in [4.78, 5) is 28.3. The maximum atomic E-state index is 12.6. The summed E-state index contributed by atoms with van der Waals surface area (Å²) in [6.07, 6.45) is -5.64. The number of nitrogens with zero attached hydrogens (tertiary/aromatic N) is 1. The lowest BCUT2D eigenvalue weighted by Gasteiger charge is -2.09. The molecule has 0 aliphatic rings. The first-order valence-corrected chi connectivity index (χ1v) is 7.48. The summed E-state index contributed by atoms with van der Waals surface area (Å²) in [5.74, 6) is -0.433. The van der Waals surface area contributed by atoms with E-state index in [9.17, 15) is 22.8 Å². The van der Waals surface area contributed by atoms with Crippen molar-refractivity contribution in [1.82, 2.24) is 0 Å². The normalized spacial score (nSPS) is 11.8. The van der Waals surface area contributed by atoms with Gasteiger partial charge in [0.2, 0.25) is 5.78 Å². The largest absolute Gasteiger partial charge is 0.437 e. The van der Waals surface area contributed by atoms with Crippen molar-refractivity contribution in [3.05, 3.63) is 65.2 Å². The molecular formula is C18H15F3N2O3. The maximum Gasteiger partial charge on any atom is 0.437 e. The second-order valence-corrected chi connectivity index (χ2v) is 5.45. The minimum atomic E-state index is -4.53. The molecule has 136 valence electrons. The summed E-state index contributed by atoms with van der Waals surface area (Å²) in [6.45, 7) is 3.23. The van der Waals surface area contributed by atoms with Crippen LogP contribution in [0.15, 0.2) is 53.7 Å². The molecule has 0 fully saturated rings. The summed E-state index contributed by atoms with van der Waals surface area (Å²) in [7, 11) is 0. The molecule has 0 aliphatic heterocycles. The first-order chi connectivity index (χ1) is 12.2. The van der Waals surface area contributed by atoms with Gasteiger partial charge in [-0.2, -0.15) is 13.2 Å². The molecule has 0 unspecified atom stereocenters. The average molecular weight is 364 g/mol. The zero-order valence-corrected chi connectivity index (χ0v) is 13.9. The summed E-state index contributed by atoms with van der Waals surface area (Å²) < 4.78 is 37.9. The number of alkyl halides is 3. The lowest BCUT2D eigenvalue weighted by molar-refractivity contribution is -0.137. The van der Waals surface area contributed by atoms with Crippen LogP contribution in [0.25, 0.3) is 0 Å². The lowest BCUT2D eigenvalue weighted by Crippen LogP contribution is -2.16. The topological polar surface area (TPSA) is 67.8 Å². The van der Waals surface area contributed by atoms with Gasteiger partial charge in [-0.05, 0) is 32.0 Å². The zero-order chi connectivity index (χ0) is 19.3. The number of Topliss-reactive ketones (excluding diaryl/α,β-unsaturated/α-hetero) is 1. The summed E-state index contributed by atoms with van der Waals surface area (Å²) in [5, 5.41) is 5.54. The molecule has 2 rings (SSSR count). The van der Waals surface area contributed by atoms with Gasteiger partial charge in [0, 0.05) is 11.3 Å². The molecule has 0 radical (unpaired) electrons. The molecule has 8 heteroatoms. The quantitative estimate of drug-likeness (QED) is 0.366. The molecular weight excluding hydrogens is 349 g/mol. The summed E-state index contributed by atoms with van der Waals surface area (Å²) in [6, 6.07) is 10.8. The Balaban J connectivity index is 2.00. The molecule has 0 aromatic heterocycles. The number of hydrogen-bond acceptors (Lipinski definition) is 4. The van der Waals surface area contributed by atoms with Crippen LogP contribution in [-0.4, -0.2) is 17.6 Å². The molecule has 2 aromatic rings. The second kappa shape index (κ2) is 7.81. The van der Waals surface area contributed by atoms with Gasteiger partial charge in [-0.3, -0.25) is 14.9 Å². The summed E-state index contributed by atoms with van der Waals surface area (Å²) in [5.41, 5.74) is 0.256. The number of ketones is 1. The van der Waals surface area contributed by atoms with Gasteiger partial charge >= 0.3 is 12.3 Å². The Kier molecular flexibility index (Phi) is 5.76. The number of nitrogens with one attached hydrogen (secondary N) is 1. The van der Waals surface area contributed by atoms with Crippen LogP contribution >= 0.6 is 0 Å². The third-order valence-electron chi connectivity index (χ3n) is 3.34. The van der Waals surface area contributed by atoms with Crippen LogP contribution in [0.3, 0.4) is 0 Å². The molecule has 26 heavy (non-hydrogen) atoms. The van der Waals surface area contributed by atoms with Gasteiger partial charge in [0.25, 0.3) is 0 Å². The van der Waals surface area contributed by atoms with Crippen molar-refractivity contribution in [2.45, 2.75) is 20.0 Å². The monoisotopic (exact) mass is 364 g/mol. The second-order valence-electron chi connectivity index (χ2n) is 5.45. The van der Waals surface area contributed by atoms with Gasteiger partial charge in [0.1, 0.15) is 5.71 Å². The van der Waals surface area contributed by atoms with Crippen LogP contribution in [0.2, 0.25) is 0 Å². The van der Waals surface area contributed by atoms with Crippen LogP contribution in [0, 0.1) is 6.92 Å². The Morgan fingerprint density at radius 2 is 1.73 bits per heavy atom. The fraction of sp³-hybridized carbons (Fsp3) is 0.167. The van der Waals surface area contributed by atoms with Gasteiger partial charge in [0.15, 0.2) is 0 Å². The molecule has 0 spiro atoms. The average Bonchev–Trinajstić information content (AvgIpc) is 2.59. The van der Waals surface area contributed by atoms with E-state index in [1.807, 2.05) is 6.92 Å². The molecule has 5 nitrogen and oxygen atoms in total. The van der Waals surface area contributed by atoms with Crippen molar-refractivity contribution in [1.29, 1.82) is 0 Å². The van der Waals surface area contributed by atoms with E-state index < -0.39 is 23.6 Å². The third kappa shape index (κ3) is 5.17. The minimum Gasteiger partial charge on any atom is -0.297 e. The molecule has 0 heterocycles. The molecule has 0 aliphatic carbocycles. The molecule has 0 saturated heterocycles. The van der Waals surface area contributed by atoms with Crippen LogP contribution in [-0.2, 0) is 11.0 Å². The first-order valence-electron chi connectivity index (χ1n) is 7.48. The molecule has 0 bridgehead atoms. The van der Waals surface area contributed by atoms with Gasteiger partial charge < -0.3 is 0 Å². The first kappa shape index (κ1) is 19.2. The van der Waals surface area contributed by atoms with Crippen molar-refractivity contribution in [2.24, 2.45) is 5.16 Å². The minimum absolute atomic E-state index is 0.0759. The van der Waals surface area contributed by atoms with E-state index in [4.69, 9.17) is 0 Å². The van der Waals surface area contributed by atoms with Crippen molar-refractivity contribution in [3.63, 3.8) is 0 Å². The molecule has 0 saturated carbocycles. The highest BCUT2D eigenvalue weighted by atomic mass is 19.4. The standard InChI is InChI=1S/C18H15F3N2O3/c1-11-6-8-13(9-7-11)16(24)12(2)23-26-17(25)22-15-5-3-4-14(10-15)18(19,20)21/h3-10H,1-2H3,(H,22,25)/b23-12+.